The maximum atomic E-state index is 11.2. The number of aliphatic hydroxyl groups excluding tert-OH is 1. The van der Waals surface area contributed by atoms with Gasteiger partial charge in [0.05, 0.1) is 0 Å². The minimum absolute atomic E-state index is 0.0981. The van der Waals surface area contributed by atoms with E-state index in [0.29, 0.717) is 5.92 Å². The monoisotopic (exact) mass is 166 g/mol. The van der Waals surface area contributed by atoms with Crippen molar-refractivity contribution in [2.75, 3.05) is 0 Å². The van der Waals surface area contributed by atoms with Crippen molar-refractivity contribution < 1.29 is 9.90 Å². The number of rotatable bonds is 0. The molecule has 2 nitrogen and oxygen atoms in total. The Balaban J connectivity index is 2.43. The molecule has 0 aromatic carbocycles. The standard InChI is InChI=1S/C10H14O2/c1-6-3-4-10(2)7(6)5-8(11)9(10)12/h5-6,9,12H,3-4H2,1-2H3/t6-,9-,10+/m1/s1. The number of carbonyl (C=O) groups excluding carboxylic acids is 1. The topological polar surface area (TPSA) is 37.3 Å². The number of ketones is 1. The Kier molecular flexibility index (Phi) is 1.46. The maximum Gasteiger partial charge on any atom is 0.184 e. The fourth-order valence-corrected chi connectivity index (χ4v) is 2.53. The molecule has 0 bridgehead atoms. The second-order valence-electron chi connectivity index (χ2n) is 4.26. The van der Waals surface area contributed by atoms with E-state index in [9.17, 15) is 9.90 Å². The highest BCUT2D eigenvalue weighted by Crippen LogP contribution is 2.51. The van der Waals surface area contributed by atoms with Crippen LogP contribution >= 0.6 is 0 Å². The Labute approximate surface area is 72.3 Å². The van der Waals surface area contributed by atoms with Crippen molar-refractivity contribution in [3.8, 4) is 0 Å². The average molecular weight is 166 g/mol. The third-order valence-corrected chi connectivity index (χ3v) is 3.46. The molecule has 12 heavy (non-hydrogen) atoms. The predicted octanol–water partition coefficient (Wildman–Crippen LogP) is 1.29. The SMILES string of the molecule is C[C@@H]1CC[C@@]2(C)C1=CC(=O)[C@H]2O. The van der Waals surface area contributed by atoms with E-state index in [1.54, 1.807) is 6.08 Å². The molecule has 0 spiro atoms. The highest BCUT2D eigenvalue weighted by molar-refractivity contribution is 5.98. The zero-order chi connectivity index (χ0) is 8.93. The van der Waals surface area contributed by atoms with Gasteiger partial charge in [0.2, 0.25) is 0 Å². The fourth-order valence-electron chi connectivity index (χ4n) is 2.53. The van der Waals surface area contributed by atoms with Crippen molar-refractivity contribution >= 4 is 5.78 Å². The molecular weight excluding hydrogens is 152 g/mol. The summed E-state index contributed by atoms with van der Waals surface area (Å²) in [6.07, 6.45) is 2.94. The summed E-state index contributed by atoms with van der Waals surface area (Å²) < 4.78 is 0. The highest BCUT2D eigenvalue weighted by Gasteiger charge is 2.50. The van der Waals surface area contributed by atoms with Crippen molar-refractivity contribution in [1.29, 1.82) is 0 Å². The molecule has 0 heterocycles. The zero-order valence-electron chi connectivity index (χ0n) is 7.50. The van der Waals surface area contributed by atoms with Gasteiger partial charge in [-0.2, -0.15) is 0 Å². The van der Waals surface area contributed by atoms with E-state index in [-0.39, 0.29) is 11.2 Å². The summed E-state index contributed by atoms with van der Waals surface area (Å²) in [6.45, 7) is 4.13. The molecule has 2 heteroatoms. The van der Waals surface area contributed by atoms with Crippen LogP contribution in [-0.4, -0.2) is 17.0 Å². The summed E-state index contributed by atoms with van der Waals surface area (Å²) in [4.78, 5) is 11.2. The van der Waals surface area contributed by atoms with Crippen molar-refractivity contribution in [2.45, 2.75) is 32.8 Å². The van der Waals surface area contributed by atoms with E-state index in [2.05, 4.69) is 6.92 Å². The van der Waals surface area contributed by atoms with Gasteiger partial charge in [0.1, 0.15) is 6.10 Å². The first kappa shape index (κ1) is 7.99. The average Bonchev–Trinajstić information content (AvgIpc) is 2.42. The first-order valence-corrected chi connectivity index (χ1v) is 4.49. The summed E-state index contributed by atoms with van der Waals surface area (Å²) in [7, 11) is 0. The van der Waals surface area contributed by atoms with Crippen molar-refractivity contribution in [1.82, 2.24) is 0 Å². The van der Waals surface area contributed by atoms with Crippen LogP contribution in [0.3, 0.4) is 0 Å². The van der Waals surface area contributed by atoms with E-state index in [4.69, 9.17) is 0 Å². The molecule has 0 unspecified atom stereocenters. The third-order valence-electron chi connectivity index (χ3n) is 3.46. The van der Waals surface area contributed by atoms with Crippen LogP contribution < -0.4 is 0 Å². The molecule has 1 saturated carbocycles. The van der Waals surface area contributed by atoms with E-state index in [0.717, 1.165) is 12.8 Å². The number of hydrogen-bond acceptors (Lipinski definition) is 2. The van der Waals surface area contributed by atoms with Gasteiger partial charge in [-0.3, -0.25) is 4.79 Å². The Morgan fingerprint density at radius 2 is 2.33 bits per heavy atom. The predicted molar refractivity (Wildman–Crippen MR) is 45.6 cm³/mol. The molecule has 3 atom stereocenters. The lowest BCUT2D eigenvalue weighted by molar-refractivity contribution is -0.125. The highest BCUT2D eigenvalue weighted by atomic mass is 16.3. The molecule has 1 N–H and O–H groups in total. The van der Waals surface area contributed by atoms with Gasteiger partial charge in [-0.25, -0.2) is 0 Å². The van der Waals surface area contributed by atoms with E-state index < -0.39 is 6.10 Å². The molecular formula is C10H14O2. The minimum Gasteiger partial charge on any atom is -0.384 e. The fraction of sp³-hybridized carbons (Fsp3) is 0.700. The molecule has 2 rings (SSSR count). The van der Waals surface area contributed by atoms with Crippen LogP contribution in [0.1, 0.15) is 26.7 Å². The smallest absolute Gasteiger partial charge is 0.184 e. The molecule has 1 fully saturated rings. The van der Waals surface area contributed by atoms with Gasteiger partial charge in [-0.1, -0.05) is 19.4 Å². The lowest BCUT2D eigenvalue weighted by Gasteiger charge is -2.24. The molecule has 2 aliphatic rings. The molecule has 66 valence electrons. The zero-order valence-corrected chi connectivity index (χ0v) is 7.50. The summed E-state index contributed by atoms with van der Waals surface area (Å²) in [6, 6.07) is 0. The number of carbonyl (C=O) groups is 1. The lowest BCUT2D eigenvalue weighted by atomic mass is 9.82. The largest absolute Gasteiger partial charge is 0.384 e. The van der Waals surface area contributed by atoms with Crippen LogP contribution in [0.4, 0.5) is 0 Å². The van der Waals surface area contributed by atoms with Crippen LogP contribution in [0.2, 0.25) is 0 Å². The second-order valence-corrected chi connectivity index (χ2v) is 4.26. The first-order chi connectivity index (χ1) is 5.55. The lowest BCUT2D eigenvalue weighted by Crippen LogP contribution is -2.31. The Bertz CT molecular complexity index is 267. The summed E-state index contributed by atoms with van der Waals surface area (Å²) >= 11 is 0. The Morgan fingerprint density at radius 1 is 1.67 bits per heavy atom. The van der Waals surface area contributed by atoms with Crippen molar-refractivity contribution in [3.05, 3.63) is 11.6 Å². The quantitative estimate of drug-likeness (QED) is 0.588. The van der Waals surface area contributed by atoms with Crippen LogP contribution in [0.15, 0.2) is 11.6 Å². The third kappa shape index (κ3) is 0.761. The van der Waals surface area contributed by atoms with E-state index in [1.807, 2.05) is 6.92 Å². The molecule has 2 aliphatic carbocycles. The second kappa shape index (κ2) is 2.19. The number of hydrogen-bond donors (Lipinski definition) is 1. The molecule has 0 amide bonds. The molecule has 0 aromatic heterocycles. The van der Waals surface area contributed by atoms with Crippen LogP contribution in [-0.2, 0) is 4.79 Å². The van der Waals surface area contributed by atoms with Gasteiger partial charge in [0.15, 0.2) is 5.78 Å². The van der Waals surface area contributed by atoms with Crippen LogP contribution in [0, 0.1) is 11.3 Å². The number of aliphatic hydroxyl groups is 1. The van der Waals surface area contributed by atoms with E-state index >= 15 is 0 Å². The van der Waals surface area contributed by atoms with Gasteiger partial charge in [-0.05, 0) is 24.8 Å². The van der Waals surface area contributed by atoms with E-state index in [1.165, 1.54) is 5.57 Å². The minimum atomic E-state index is -0.766. The van der Waals surface area contributed by atoms with Crippen molar-refractivity contribution in [3.63, 3.8) is 0 Å². The van der Waals surface area contributed by atoms with Crippen molar-refractivity contribution in [2.24, 2.45) is 11.3 Å². The molecule has 0 saturated heterocycles. The first-order valence-electron chi connectivity index (χ1n) is 4.49. The van der Waals surface area contributed by atoms with Gasteiger partial charge in [0.25, 0.3) is 0 Å². The summed E-state index contributed by atoms with van der Waals surface area (Å²) in [5.74, 6) is 0.384. The molecule has 0 radical (unpaired) electrons. The van der Waals surface area contributed by atoms with Gasteiger partial charge < -0.3 is 5.11 Å². The summed E-state index contributed by atoms with van der Waals surface area (Å²) in [5, 5.41) is 9.64. The molecule has 0 aliphatic heterocycles. The van der Waals surface area contributed by atoms with Gasteiger partial charge in [0, 0.05) is 5.41 Å². The molecule has 0 aromatic rings. The normalized spacial score (nSPS) is 46.2. The van der Waals surface area contributed by atoms with Crippen LogP contribution in [0.25, 0.3) is 0 Å². The Morgan fingerprint density at radius 3 is 2.92 bits per heavy atom. The van der Waals surface area contributed by atoms with Crippen LogP contribution in [0.5, 0.6) is 0 Å². The maximum absolute atomic E-state index is 11.2. The van der Waals surface area contributed by atoms with Gasteiger partial charge in [-0.15, -0.1) is 0 Å². The number of fused-ring (bicyclic) bond motifs is 1. The van der Waals surface area contributed by atoms with Gasteiger partial charge >= 0.3 is 0 Å². The summed E-state index contributed by atoms with van der Waals surface area (Å²) in [5.41, 5.74) is 0.941. The Hall–Kier alpha value is -0.630.